The molecule has 2 aromatic heterocycles. The number of pyridine rings is 1. The lowest BCUT2D eigenvalue weighted by atomic mass is 9.86. The molecular weight excluding hydrogens is 312 g/mol. The largest absolute Gasteiger partial charge is 0.310 e. The third-order valence-corrected chi connectivity index (χ3v) is 4.54. The van der Waals surface area contributed by atoms with E-state index in [4.69, 9.17) is 5.10 Å². The van der Waals surface area contributed by atoms with Crippen LogP contribution >= 0.6 is 0 Å². The van der Waals surface area contributed by atoms with Crippen molar-refractivity contribution in [2.24, 2.45) is 0 Å². The minimum absolute atomic E-state index is 0.00413. The third kappa shape index (κ3) is 2.71. The zero-order valence-corrected chi connectivity index (χ0v) is 14.3. The summed E-state index contributed by atoms with van der Waals surface area (Å²) < 4.78 is 1.84. The second-order valence-electron chi connectivity index (χ2n) is 6.61. The molecule has 3 aromatic rings. The Morgan fingerprint density at radius 3 is 2.56 bits per heavy atom. The molecule has 0 fully saturated rings. The molecule has 0 saturated carbocycles. The number of hydrogen-bond donors (Lipinski definition) is 1. The molecular formula is C20H20N4O. The molecule has 1 aliphatic rings. The Kier molecular flexibility index (Phi) is 3.84. The number of rotatable bonds is 3. The Morgan fingerprint density at radius 2 is 1.88 bits per heavy atom. The van der Waals surface area contributed by atoms with E-state index in [9.17, 15) is 4.79 Å². The van der Waals surface area contributed by atoms with Gasteiger partial charge in [0.2, 0.25) is 5.91 Å². The van der Waals surface area contributed by atoms with E-state index in [1.165, 1.54) is 0 Å². The quantitative estimate of drug-likeness (QED) is 0.792. The summed E-state index contributed by atoms with van der Waals surface area (Å²) in [6.07, 6.45) is 2.17. The zero-order valence-electron chi connectivity index (χ0n) is 14.3. The summed E-state index contributed by atoms with van der Waals surface area (Å²) in [6.45, 7) is 4.26. The van der Waals surface area contributed by atoms with Gasteiger partial charge in [0.15, 0.2) is 0 Å². The fourth-order valence-electron chi connectivity index (χ4n) is 3.40. The summed E-state index contributed by atoms with van der Waals surface area (Å²) in [5.74, 6) is 0.942. The molecule has 0 radical (unpaired) electrons. The molecule has 5 nitrogen and oxygen atoms in total. The first-order chi connectivity index (χ1) is 12.1. The lowest BCUT2D eigenvalue weighted by molar-refractivity contribution is -0.116. The highest BCUT2D eigenvalue weighted by Gasteiger charge is 2.35. The molecule has 0 bridgehead atoms. The van der Waals surface area contributed by atoms with E-state index in [1.54, 1.807) is 6.20 Å². The van der Waals surface area contributed by atoms with Crippen molar-refractivity contribution in [3.63, 3.8) is 0 Å². The van der Waals surface area contributed by atoms with Crippen molar-refractivity contribution in [2.75, 3.05) is 5.32 Å². The number of anilines is 1. The van der Waals surface area contributed by atoms with E-state index < -0.39 is 0 Å². The van der Waals surface area contributed by atoms with Gasteiger partial charge >= 0.3 is 0 Å². The number of carbonyl (C=O) groups excluding carboxylic acids is 1. The molecule has 126 valence electrons. The number of amides is 1. The maximum absolute atomic E-state index is 12.4. The Morgan fingerprint density at radius 1 is 1.12 bits per heavy atom. The predicted molar refractivity (Wildman–Crippen MR) is 97.0 cm³/mol. The van der Waals surface area contributed by atoms with Gasteiger partial charge in [-0.05, 0) is 30.2 Å². The van der Waals surface area contributed by atoms with Crippen molar-refractivity contribution < 1.29 is 4.79 Å². The Balaban J connectivity index is 1.94. The molecule has 1 amide bonds. The summed E-state index contributed by atoms with van der Waals surface area (Å²) in [7, 11) is 0. The van der Waals surface area contributed by atoms with Crippen LogP contribution in [0.2, 0.25) is 0 Å². The summed E-state index contributed by atoms with van der Waals surface area (Å²) in [5, 5.41) is 7.88. The molecule has 1 aliphatic heterocycles. The maximum Gasteiger partial charge on any atom is 0.226 e. The minimum atomic E-state index is -0.0696. The van der Waals surface area contributed by atoms with Crippen molar-refractivity contribution in [1.29, 1.82) is 0 Å². The maximum atomic E-state index is 12.4. The molecule has 4 rings (SSSR count). The molecule has 1 aromatic carbocycles. The average Bonchev–Trinajstić information content (AvgIpc) is 3.02. The van der Waals surface area contributed by atoms with Crippen LogP contribution in [0.3, 0.4) is 0 Å². The minimum Gasteiger partial charge on any atom is -0.310 e. The molecule has 0 unspecified atom stereocenters. The number of nitrogens with one attached hydrogen (secondary N) is 1. The van der Waals surface area contributed by atoms with Crippen LogP contribution in [0.25, 0.3) is 5.69 Å². The SMILES string of the molecule is CC(C)c1nn(-c2ccccc2)c2c1[C@@H](c1ccccn1)CC(=O)N2. The van der Waals surface area contributed by atoms with Crippen LogP contribution in [-0.2, 0) is 4.79 Å². The highest BCUT2D eigenvalue weighted by Crippen LogP contribution is 2.41. The van der Waals surface area contributed by atoms with Gasteiger partial charge in [0.25, 0.3) is 0 Å². The topological polar surface area (TPSA) is 59.8 Å². The van der Waals surface area contributed by atoms with Gasteiger partial charge in [-0.3, -0.25) is 9.78 Å². The van der Waals surface area contributed by atoms with E-state index in [-0.39, 0.29) is 17.7 Å². The van der Waals surface area contributed by atoms with Crippen LogP contribution in [0.15, 0.2) is 54.7 Å². The van der Waals surface area contributed by atoms with Crippen LogP contribution in [0.4, 0.5) is 5.82 Å². The standard InChI is InChI=1S/C20H20N4O/c1-13(2)19-18-15(16-10-6-7-11-21-16)12-17(25)22-20(18)24(23-19)14-8-4-3-5-9-14/h3-11,13,15H,12H2,1-2H3,(H,22,25)/t15-/m1/s1. The normalized spacial score (nSPS) is 16.6. The molecule has 0 saturated heterocycles. The molecule has 25 heavy (non-hydrogen) atoms. The van der Waals surface area contributed by atoms with Crippen molar-refractivity contribution in [1.82, 2.24) is 14.8 Å². The van der Waals surface area contributed by atoms with E-state index in [2.05, 4.69) is 24.1 Å². The Labute approximate surface area is 146 Å². The van der Waals surface area contributed by atoms with Gasteiger partial charge in [0.05, 0.1) is 11.4 Å². The first-order valence-corrected chi connectivity index (χ1v) is 8.54. The van der Waals surface area contributed by atoms with Gasteiger partial charge in [0.1, 0.15) is 5.82 Å². The number of carbonyl (C=O) groups is 1. The van der Waals surface area contributed by atoms with Crippen molar-refractivity contribution in [3.8, 4) is 5.69 Å². The van der Waals surface area contributed by atoms with Crippen molar-refractivity contribution >= 4 is 11.7 Å². The smallest absolute Gasteiger partial charge is 0.226 e. The number of hydrogen-bond acceptors (Lipinski definition) is 3. The summed E-state index contributed by atoms with van der Waals surface area (Å²) in [5.41, 5.74) is 3.94. The first kappa shape index (κ1) is 15.6. The van der Waals surface area contributed by atoms with Gasteiger partial charge in [-0.15, -0.1) is 0 Å². The molecule has 0 aliphatic carbocycles. The fraction of sp³-hybridized carbons (Fsp3) is 0.250. The van der Waals surface area contributed by atoms with E-state index in [0.717, 1.165) is 28.5 Å². The van der Waals surface area contributed by atoms with Gasteiger partial charge in [-0.25, -0.2) is 4.68 Å². The lowest BCUT2D eigenvalue weighted by Crippen LogP contribution is -2.25. The number of aromatic nitrogens is 3. The van der Waals surface area contributed by atoms with E-state index >= 15 is 0 Å². The monoisotopic (exact) mass is 332 g/mol. The molecule has 5 heteroatoms. The van der Waals surface area contributed by atoms with Crippen LogP contribution in [0.5, 0.6) is 0 Å². The van der Waals surface area contributed by atoms with Gasteiger partial charge in [-0.1, -0.05) is 38.1 Å². The highest BCUT2D eigenvalue weighted by molar-refractivity contribution is 5.95. The second-order valence-corrected chi connectivity index (χ2v) is 6.61. The van der Waals surface area contributed by atoms with Gasteiger partial charge in [0, 0.05) is 29.8 Å². The number of nitrogens with zero attached hydrogens (tertiary/aromatic N) is 3. The lowest BCUT2D eigenvalue weighted by Gasteiger charge is -2.24. The third-order valence-electron chi connectivity index (χ3n) is 4.54. The molecule has 1 N–H and O–H groups in total. The molecule has 1 atom stereocenters. The number of benzene rings is 1. The average molecular weight is 332 g/mol. The predicted octanol–water partition coefficient (Wildman–Crippen LogP) is 3.86. The van der Waals surface area contributed by atoms with Crippen LogP contribution in [-0.4, -0.2) is 20.7 Å². The molecule has 3 heterocycles. The number of fused-ring (bicyclic) bond motifs is 1. The fourth-order valence-corrected chi connectivity index (χ4v) is 3.40. The van der Waals surface area contributed by atoms with Crippen LogP contribution in [0.1, 0.15) is 49.1 Å². The summed E-state index contributed by atoms with van der Waals surface area (Å²) in [4.78, 5) is 16.9. The van der Waals surface area contributed by atoms with Crippen molar-refractivity contribution in [2.45, 2.75) is 32.1 Å². The number of para-hydroxylation sites is 1. The Bertz CT molecular complexity index is 900. The van der Waals surface area contributed by atoms with Crippen LogP contribution in [0, 0.1) is 0 Å². The van der Waals surface area contributed by atoms with Crippen molar-refractivity contribution in [3.05, 3.63) is 71.7 Å². The van der Waals surface area contributed by atoms with Gasteiger partial charge in [-0.2, -0.15) is 5.10 Å². The van der Waals surface area contributed by atoms with Gasteiger partial charge < -0.3 is 5.32 Å². The van der Waals surface area contributed by atoms with E-state index in [0.29, 0.717) is 6.42 Å². The first-order valence-electron chi connectivity index (χ1n) is 8.54. The highest BCUT2D eigenvalue weighted by atomic mass is 16.1. The second kappa shape index (κ2) is 6.16. The summed E-state index contributed by atoms with van der Waals surface area (Å²) >= 11 is 0. The van der Waals surface area contributed by atoms with Crippen LogP contribution < -0.4 is 5.32 Å². The molecule has 0 spiro atoms. The summed E-state index contributed by atoms with van der Waals surface area (Å²) in [6, 6.07) is 15.7. The Hall–Kier alpha value is -2.95. The van der Waals surface area contributed by atoms with E-state index in [1.807, 2.05) is 53.2 Å². The zero-order chi connectivity index (χ0) is 17.4.